The molecular formula is C47H87N2O6P. The summed E-state index contributed by atoms with van der Waals surface area (Å²) in [6.07, 6.45) is 54.2. The summed E-state index contributed by atoms with van der Waals surface area (Å²) in [7, 11) is -4.36. The Labute approximate surface area is 344 Å². The van der Waals surface area contributed by atoms with E-state index in [-0.39, 0.29) is 25.7 Å². The summed E-state index contributed by atoms with van der Waals surface area (Å²) in [4.78, 5) is 22.7. The minimum absolute atomic E-state index is 0.0671. The van der Waals surface area contributed by atoms with Gasteiger partial charge in [0.05, 0.1) is 25.4 Å². The van der Waals surface area contributed by atoms with E-state index in [0.717, 1.165) is 70.6 Å². The summed E-state index contributed by atoms with van der Waals surface area (Å²) in [5, 5.41) is 13.7. The molecular weight excluding hydrogens is 719 g/mol. The molecule has 0 aromatic carbocycles. The summed E-state index contributed by atoms with van der Waals surface area (Å²) in [6.45, 7) is 4.07. The average molecular weight is 807 g/mol. The maximum Gasteiger partial charge on any atom is 0.472 e. The molecule has 8 nitrogen and oxygen atoms in total. The molecule has 0 fully saturated rings. The van der Waals surface area contributed by atoms with Crippen LogP contribution in [0.25, 0.3) is 0 Å². The van der Waals surface area contributed by atoms with Gasteiger partial charge in [-0.2, -0.15) is 0 Å². The molecule has 0 aromatic rings. The standard InChI is InChI=1S/C47H87N2O6P/c1-3-5-7-9-11-13-15-17-19-21-22-23-24-25-26-28-30-32-34-36-38-40-46(50)45(44-55-56(52,53)54-43-42-48)49-47(51)41-39-37-35-33-31-29-27-20-18-16-14-12-10-8-6-4-2/h14,16,20,24-25,27,30,32,38,40,45-46,50H,3-13,15,17-19,21-23,26,28-29,31,33-37,39,41-44,48H2,1-2H3,(H,49,51)(H,52,53)/b16-14-,25-24+,27-20-,32-30+,40-38+. The number of amides is 1. The number of hydrogen-bond donors (Lipinski definition) is 4. The van der Waals surface area contributed by atoms with Gasteiger partial charge in [-0.15, -0.1) is 0 Å². The van der Waals surface area contributed by atoms with E-state index in [1.165, 1.54) is 109 Å². The van der Waals surface area contributed by atoms with Crippen LogP contribution in [0.5, 0.6) is 0 Å². The predicted octanol–water partition coefficient (Wildman–Crippen LogP) is 13.1. The minimum atomic E-state index is -4.36. The SMILES string of the molecule is CCCCCC/C=C\C/C=C\CCCCCCCC(=O)NC(COP(=O)(O)OCCN)C(O)/C=C/CC/C=C/CC/C=C/CCCCCCCCCCCCC. The van der Waals surface area contributed by atoms with Crippen molar-refractivity contribution in [2.45, 2.75) is 212 Å². The lowest BCUT2D eigenvalue weighted by atomic mass is 10.1. The highest BCUT2D eigenvalue weighted by Crippen LogP contribution is 2.43. The Morgan fingerprint density at radius 2 is 1.00 bits per heavy atom. The van der Waals surface area contributed by atoms with Crippen LogP contribution in [0, 0.1) is 0 Å². The third kappa shape index (κ3) is 40.4. The van der Waals surface area contributed by atoms with Crippen LogP contribution >= 0.6 is 7.82 Å². The first-order chi connectivity index (χ1) is 27.4. The van der Waals surface area contributed by atoms with Gasteiger partial charge in [0.25, 0.3) is 0 Å². The molecule has 0 saturated carbocycles. The van der Waals surface area contributed by atoms with Crippen molar-refractivity contribution in [3.8, 4) is 0 Å². The molecule has 5 N–H and O–H groups in total. The zero-order valence-electron chi connectivity index (χ0n) is 36.1. The smallest absolute Gasteiger partial charge is 0.387 e. The monoisotopic (exact) mass is 807 g/mol. The summed E-state index contributed by atoms with van der Waals surface area (Å²) >= 11 is 0. The van der Waals surface area contributed by atoms with Crippen LogP contribution in [-0.2, 0) is 18.4 Å². The maximum atomic E-state index is 12.8. The Bertz CT molecular complexity index is 1060. The number of phosphoric acid groups is 1. The molecule has 3 unspecified atom stereocenters. The molecule has 0 radical (unpaired) electrons. The first kappa shape index (κ1) is 54.2. The number of allylic oxidation sites excluding steroid dienone is 9. The second kappa shape index (κ2) is 42.8. The van der Waals surface area contributed by atoms with Crippen molar-refractivity contribution < 1.29 is 28.4 Å². The number of phosphoric ester groups is 1. The van der Waals surface area contributed by atoms with E-state index in [1.54, 1.807) is 6.08 Å². The molecule has 0 bridgehead atoms. The summed E-state index contributed by atoms with van der Waals surface area (Å²) in [5.41, 5.74) is 5.37. The lowest BCUT2D eigenvalue weighted by Gasteiger charge is -2.23. The van der Waals surface area contributed by atoms with Crippen molar-refractivity contribution in [1.82, 2.24) is 5.32 Å². The number of aliphatic hydroxyl groups excluding tert-OH is 1. The van der Waals surface area contributed by atoms with E-state index in [1.807, 2.05) is 6.08 Å². The van der Waals surface area contributed by atoms with Gasteiger partial charge in [-0.3, -0.25) is 13.8 Å². The topological polar surface area (TPSA) is 131 Å². The van der Waals surface area contributed by atoms with Gasteiger partial charge in [-0.1, -0.05) is 177 Å². The number of hydrogen-bond acceptors (Lipinski definition) is 6. The fourth-order valence-electron chi connectivity index (χ4n) is 6.31. The molecule has 0 rings (SSSR count). The highest BCUT2D eigenvalue weighted by molar-refractivity contribution is 7.47. The van der Waals surface area contributed by atoms with Crippen LogP contribution in [0.1, 0.15) is 200 Å². The van der Waals surface area contributed by atoms with Crippen LogP contribution in [0.4, 0.5) is 0 Å². The number of nitrogens with two attached hydrogens (primary N) is 1. The number of carbonyl (C=O) groups is 1. The fourth-order valence-corrected chi connectivity index (χ4v) is 7.07. The molecule has 56 heavy (non-hydrogen) atoms. The van der Waals surface area contributed by atoms with E-state index in [9.17, 15) is 19.4 Å². The Morgan fingerprint density at radius 3 is 1.50 bits per heavy atom. The van der Waals surface area contributed by atoms with Crippen molar-refractivity contribution in [1.29, 1.82) is 0 Å². The third-order valence-electron chi connectivity index (χ3n) is 9.79. The van der Waals surface area contributed by atoms with Crippen LogP contribution in [0.2, 0.25) is 0 Å². The van der Waals surface area contributed by atoms with Gasteiger partial charge < -0.3 is 21.1 Å². The van der Waals surface area contributed by atoms with E-state index in [4.69, 9.17) is 14.8 Å². The zero-order valence-corrected chi connectivity index (χ0v) is 37.0. The quantitative estimate of drug-likeness (QED) is 0.0274. The first-order valence-corrected chi connectivity index (χ1v) is 24.4. The van der Waals surface area contributed by atoms with Crippen molar-refractivity contribution in [3.05, 3.63) is 60.8 Å². The molecule has 0 spiro atoms. The first-order valence-electron chi connectivity index (χ1n) is 22.9. The van der Waals surface area contributed by atoms with Gasteiger partial charge in [0, 0.05) is 13.0 Å². The van der Waals surface area contributed by atoms with Crippen molar-refractivity contribution >= 4 is 13.7 Å². The van der Waals surface area contributed by atoms with Crippen LogP contribution < -0.4 is 11.1 Å². The Morgan fingerprint density at radius 1 is 0.589 bits per heavy atom. The molecule has 3 atom stereocenters. The second-order valence-electron chi connectivity index (χ2n) is 15.2. The van der Waals surface area contributed by atoms with E-state index in [0.29, 0.717) is 6.42 Å². The van der Waals surface area contributed by atoms with Crippen molar-refractivity contribution in [2.75, 3.05) is 19.8 Å². The molecule has 1 amide bonds. The Hall–Kier alpha value is -1.80. The van der Waals surface area contributed by atoms with Crippen LogP contribution in [0.15, 0.2) is 60.8 Å². The highest BCUT2D eigenvalue weighted by Gasteiger charge is 2.26. The normalized spacial score (nSPS) is 14.6. The highest BCUT2D eigenvalue weighted by atomic mass is 31.2. The lowest BCUT2D eigenvalue weighted by Crippen LogP contribution is -2.45. The summed E-state index contributed by atoms with van der Waals surface area (Å²) in [6, 6.07) is -0.893. The van der Waals surface area contributed by atoms with Crippen LogP contribution in [-0.4, -0.2) is 47.8 Å². The number of carbonyl (C=O) groups excluding carboxylic acids is 1. The molecule has 0 aromatic heterocycles. The molecule has 326 valence electrons. The lowest BCUT2D eigenvalue weighted by molar-refractivity contribution is -0.123. The van der Waals surface area contributed by atoms with Gasteiger partial charge in [-0.25, -0.2) is 4.57 Å². The van der Waals surface area contributed by atoms with E-state index < -0.39 is 20.0 Å². The van der Waals surface area contributed by atoms with Gasteiger partial charge in [0.15, 0.2) is 0 Å². The minimum Gasteiger partial charge on any atom is -0.387 e. The molecule has 0 heterocycles. The third-order valence-corrected chi connectivity index (χ3v) is 10.8. The largest absolute Gasteiger partial charge is 0.472 e. The number of unbranched alkanes of at least 4 members (excludes halogenated alkanes) is 22. The number of aliphatic hydroxyl groups is 1. The van der Waals surface area contributed by atoms with E-state index >= 15 is 0 Å². The maximum absolute atomic E-state index is 12.8. The molecule has 9 heteroatoms. The Kier molecular flexibility index (Phi) is 41.4. The fraction of sp³-hybridized carbons (Fsp3) is 0.766. The van der Waals surface area contributed by atoms with Gasteiger partial charge in [-0.05, 0) is 77.0 Å². The van der Waals surface area contributed by atoms with Gasteiger partial charge >= 0.3 is 7.82 Å². The zero-order chi connectivity index (χ0) is 41.1. The Balaban J connectivity index is 4.30. The van der Waals surface area contributed by atoms with Crippen molar-refractivity contribution in [2.24, 2.45) is 5.73 Å². The van der Waals surface area contributed by atoms with E-state index in [2.05, 4.69) is 67.8 Å². The summed E-state index contributed by atoms with van der Waals surface area (Å²) in [5.74, 6) is -0.223. The molecule has 0 aliphatic heterocycles. The molecule has 0 saturated heterocycles. The van der Waals surface area contributed by atoms with Gasteiger partial charge in [0.2, 0.25) is 5.91 Å². The summed E-state index contributed by atoms with van der Waals surface area (Å²) < 4.78 is 22.1. The van der Waals surface area contributed by atoms with Gasteiger partial charge in [0.1, 0.15) is 0 Å². The van der Waals surface area contributed by atoms with Crippen molar-refractivity contribution in [3.63, 3.8) is 0 Å². The second-order valence-corrected chi connectivity index (χ2v) is 16.7. The average Bonchev–Trinajstić information content (AvgIpc) is 3.19. The molecule has 0 aliphatic carbocycles. The number of rotatable bonds is 42. The molecule has 0 aliphatic rings. The number of nitrogens with one attached hydrogen (secondary N) is 1. The van der Waals surface area contributed by atoms with Crippen LogP contribution in [0.3, 0.4) is 0 Å². The predicted molar refractivity (Wildman–Crippen MR) is 240 cm³/mol.